The predicted octanol–water partition coefficient (Wildman–Crippen LogP) is 2.29. The van der Waals surface area contributed by atoms with Crippen molar-refractivity contribution in [2.45, 2.75) is 25.7 Å². The fraction of sp³-hybridized carbons (Fsp3) is 0.462. The van der Waals surface area contributed by atoms with Gasteiger partial charge >= 0.3 is 0 Å². The Labute approximate surface area is 95.5 Å². The molecule has 16 heavy (non-hydrogen) atoms. The van der Waals surface area contributed by atoms with Crippen LogP contribution in [0.25, 0.3) is 0 Å². The lowest BCUT2D eigenvalue weighted by Crippen LogP contribution is -2.32. The van der Waals surface area contributed by atoms with Crippen molar-refractivity contribution in [1.29, 1.82) is 0 Å². The van der Waals surface area contributed by atoms with Gasteiger partial charge in [-0.2, -0.15) is 0 Å². The summed E-state index contributed by atoms with van der Waals surface area (Å²) in [4.78, 5) is 11.8. The zero-order valence-corrected chi connectivity index (χ0v) is 9.32. The smallest absolute Gasteiger partial charge is 0.223 e. The minimum Gasteiger partial charge on any atom is -0.472 e. The van der Waals surface area contributed by atoms with Crippen molar-refractivity contribution in [3.8, 4) is 0 Å². The number of rotatable bonds is 4. The molecular weight excluding hydrogens is 202 g/mol. The number of furan rings is 1. The van der Waals surface area contributed by atoms with E-state index in [4.69, 9.17) is 4.42 Å². The molecule has 1 amide bonds. The van der Waals surface area contributed by atoms with E-state index in [1.54, 1.807) is 12.5 Å². The largest absolute Gasteiger partial charge is 0.472 e. The monoisotopic (exact) mass is 219 g/mol. The van der Waals surface area contributed by atoms with E-state index in [2.05, 4.69) is 17.5 Å². The van der Waals surface area contributed by atoms with Gasteiger partial charge in [-0.15, -0.1) is 0 Å². The van der Waals surface area contributed by atoms with Crippen LogP contribution in [0.4, 0.5) is 0 Å². The molecule has 0 saturated carbocycles. The molecule has 1 N–H and O–H groups in total. The summed E-state index contributed by atoms with van der Waals surface area (Å²) in [6.07, 6.45) is 11.4. The maximum atomic E-state index is 11.8. The number of carbonyl (C=O) groups is 1. The molecule has 0 unspecified atom stereocenters. The third-order valence-electron chi connectivity index (χ3n) is 2.93. The zero-order valence-electron chi connectivity index (χ0n) is 9.32. The Bertz CT molecular complexity index is 354. The first kappa shape index (κ1) is 11.0. The molecule has 1 atom stereocenters. The summed E-state index contributed by atoms with van der Waals surface area (Å²) in [5, 5.41) is 2.98. The molecule has 0 spiro atoms. The number of hydrogen-bond donors (Lipinski definition) is 1. The van der Waals surface area contributed by atoms with Gasteiger partial charge in [0.1, 0.15) is 0 Å². The molecular formula is C13H17NO2. The lowest BCUT2D eigenvalue weighted by Gasteiger charge is -2.16. The summed E-state index contributed by atoms with van der Waals surface area (Å²) >= 11 is 0. The third-order valence-corrected chi connectivity index (χ3v) is 2.93. The summed E-state index contributed by atoms with van der Waals surface area (Å²) in [5.74, 6) is 0.363. The molecule has 86 valence electrons. The van der Waals surface area contributed by atoms with Gasteiger partial charge in [0.2, 0.25) is 5.91 Å². The van der Waals surface area contributed by atoms with E-state index in [1.807, 2.05) is 6.07 Å². The molecule has 1 heterocycles. The number of allylic oxidation sites excluding steroid dienone is 2. The molecule has 0 saturated heterocycles. The predicted molar refractivity (Wildman–Crippen MR) is 61.9 cm³/mol. The first-order valence-electron chi connectivity index (χ1n) is 5.80. The summed E-state index contributed by atoms with van der Waals surface area (Å²) < 4.78 is 4.97. The molecule has 0 radical (unpaired) electrons. The van der Waals surface area contributed by atoms with Crippen LogP contribution in [0.3, 0.4) is 0 Å². The standard InChI is InChI=1S/C13H17NO2/c15-13(12-4-2-1-3-5-12)14-8-6-11-7-9-16-10-11/h1-2,7,9-10,12H,3-6,8H2,(H,14,15)/t12-/m1/s1. The van der Waals surface area contributed by atoms with Crippen molar-refractivity contribution in [2.75, 3.05) is 6.54 Å². The van der Waals surface area contributed by atoms with Crippen LogP contribution in [0.5, 0.6) is 0 Å². The second-order valence-corrected chi connectivity index (χ2v) is 4.15. The van der Waals surface area contributed by atoms with Crippen LogP contribution in [-0.4, -0.2) is 12.5 Å². The average molecular weight is 219 g/mol. The second-order valence-electron chi connectivity index (χ2n) is 4.15. The molecule has 1 aromatic rings. The van der Waals surface area contributed by atoms with Gasteiger partial charge in [0.05, 0.1) is 12.5 Å². The van der Waals surface area contributed by atoms with Crippen LogP contribution in [0.2, 0.25) is 0 Å². The molecule has 0 aliphatic heterocycles. The Morgan fingerprint density at radius 1 is 1.50 bits per heavy atom. The lowest BCUT2D eigenvalue weighted by molar-refractivity contribution is -0.125. The van der Waals surface area contributed by atoms with E-state index in [9.17, 15) is 4.79 Å². The molecule has 3 nitrogen and oxygen atoms in total. The number of carbonyl (C=O) groups excluding carboxylic acids is 1. The van der Waals surface area contributed by atoms with Crippen molar-refractivity contribution in [2.24, 2.45) is 5.92 Å². The summed E-state index contributed by atoms with van der Waals surface area (Å²) in [6.45, 7) is 0.693. The fourth-order valence-corrected chi connectivity index (χ4v) is 1.94. The molecule has 0 fully saturated rings. The van der Waals surface area contributed by atoms with Gasteiger partial charge in [-0.1, -0.05) is 12.2 Å². The Kier molecular flexibility index (Phi) is 3.81. The van der Waals surface area contributed by atoms with E-state index in [-0.39, 0.29) is 11.8 Å². The van der Waals surface area contributed by atoms with Crippen molar-refractivity contribution in [3.63, 3.8) is 0 Å². The van der Waals surface area contributed by atoms with Gasteiger partial charge in [0, 0.05) is 12.5 Å². The molecule has 1 aliphatic rings. The SMILES string of the molecule is O=C(NCCc1ccoc1)[C@@H]1CC=CCC1. The van der Waals surface area contributed by atoms with E-state index < -0.39 is 0 Å². The van der Waals surface area contributed by atoms with Gasteiger partial charge in [-0.05, 0) is 37.3 Å². The average Bonchev–Trinajstić information content (AvgIpc) is 2.83. The van der Waals surface area contributed by atoms with Gasteiger partial charge < -0.3 is 9.73 Å². The van der Waals surface area contributed by atoms with Gasteiger partial charge in [0.25, 0.3) is 0 Å². The molecule has 1 aromatic heterocycles. The lowest BCUT2D eigenvalue weighted by atomic mass is 9.94. The van der Waals surface area contributed by atoms with Crippen molar-refractivity contribution < 1.29 is 9.21 Å². The van der Waals surface area contributed by atoms with Gasteiger partial charge in [-0.3, -0.25) is 4.79 Å². The number of amides is 1. The maximum Gasteiger partial charge on any atom is 0.223 e. The van der Waals surface area contributed by atoms with E-state index in [0.29, 0.717) is 6.54 Å². The number of hydrogen-bond acceptors (Lipinski definition) is 2. The molecule has 0 aromatic carbocycles. The quantitative estimate of drug-likeness (QED) is 0.789. The summed E-state index contributed by atoms with van der Waals surface area (Å²) in [5.41, 5.74) is 1.13. The van der Waals surface area contributed by atoms with Crippen LogP contribution in [0.1, 0.15) is 24.8 Å². The summed E-state index contributed by atoms with van der Waals surface area (Å²) in [6, 6.07) is 1.93. The highest BCUT2D eigenvalue weighted by atomic mass is 16.3. The first-order chi connectivity index (χ1) is 7.86. The van der Waals surface area contributed by atoms with E-state index in [1.165, 1.54) is 0 Å². The van der Waals surface area contributed by atoms with E-state index in [0.717, 1.165) is 31.2 Å². The van der Waals surface area contributed by atoms with Gasteiger partial charge in [0.15, 0.2) is 0 Å². The fourth-order valence-electron chi connectivity index (χ4n) is 1.94. The first-order valence-corrected chi connectivity index (χ1v) is 5.80. The highest BCUT2D eigenvalue weighted by Crippen LogP contribution is 2.17. The second kappa shape index (κ2) is 5.54. The topological polar surface area (TPSA) is 42.2 Å². The third kappa shape index (κ3) is 2.99. The maximum absolute atomic E-state index is 11.8. The van der Waals surface area contributed by atoms with Crippen molar-refractivity contribution >= 4 is 5.91 Å². The minimum atomic E-state index is 0.175. The highest BCUT2D eigenvalue weighted by molar-refractivity contribution is 5.78. The molecule has 1 aliphatic carbocycles. The van der Waals surface area contributed by atoms with Crippen molar-refractivity contribution in [3.05, 3.63) is 36.3 Å². The zero-order chi connectivity index (χ0) is 11.2. The molecule has 0 bridgehead atoms. The normalized spacial score (nSPS) is 19.6. The van der Waals surface area contributed by atoms with Crippen LogP contribution in [0, 0.1) is 5.92 Å². The summed E-state index contributed by atoms with van der Waals surface area (Å²) in [7, 11) is 0. The Morgan fingerprint density at radius 3 is 3.12 bits per heavy atom. The molecule has 2 rings (SSSR count). The minimum absolute atomic E-state index is 0.175. The number of nitrogens with one attached hydrogen (secondary N) is 1. The van der Waals surface area contributed by atoms with Crippen LogP contribution < -0.4 is 5.32 Å². The Balaban J connectivity index is 1.69. The Morgan fingerprint density at radius 2 is 2.44 bits per heavy atom. The van der Waals surface area contributed by atoms with E-state index >= 15 is 0 Å². The highest BCUT2D eigenvalue weighted by Gasteiger charge is 2.17. The van der Waals surface area contributed by atoms with Gasteiger partial charge in [-0.25, -0.2) is 0 Å². The molecule has 3 heteroatoms. The van der Waals surface area contributed by atoms with Crippen molar-refractivity contribution in [1.82, 2.24) is 5.32 Å². The van der Waals surface area contributed by atoms with Crippen LogP contribution >= 0.6 is 0 Å². The Hall–Kier alpha value is -1.51. The van der Waals surface area contributed by atoms with Crippen LogP contribution in [0.15, 0.2) is 35.2 Å². The van der Waals surface area contributed by atoms with Crippen LogP contribution in [-0.2, 0) is 11.2 Å².